The van der Waals surface area contributed by atoms with Gasteiger partial charge in [0.15, 0.2) is 0 Å². The summed E-state index contributed by atoms with van der Waals surface area (Å²) in [5.41, 5.74) is 7.05. The zero-order chi connectivity index (χ0) is 23.8. The van der Waals surface area contributed by atoms with Crippen molar-refractivity contribution in [2.45, 2.75) is 50.3 Å². The van der Waals surface area contributed by atoms with Gasteiger partial charge in [0.25, 0.3) is 0 Å². The third-order valence-electron chi connectivity index (χ3n) is 7.04. The fourth-order valence-corrected chi connectivity index (χ4v) is 5.03. The van der Waals surface area contributed by atoms with Crippen LogP contribution in [0.4, 0.5) is 0 Å². The third kappa shape index (κ3) is 4.47. The molecular formula is C30H31N3S. The summed E-state index contributed by atoms with van der Waals surface area (Å²) in [5, 5.41) is 1.19. The van der Waals surface area contributed by atoms with Crippen LogP contribution in [-0.2, 0) is 16.7 Å². The number of hydrogen-bond acceptors (Lipinski definition) is 3. The van der Waals surface area contributed by atoms with E-state index in [0.717, 1.165) is 35.9 Å². The van der Waals surface area contributed by atoms with Crippen LogP contribution in [0.3, 0.4) is 0 Å². The molecule has 0 radical (unpaired) electrons. The van der Waals surface area contributed by atoms with Crippen molar-refractivity contribution in [3.05, 3.63) is 108 Å². The highest BCUT2D eigenvalue weighted by molar-refractivity contribution is 7.81. The number of hydrogen-bond donors (Lipinski definition) is 1. The van der Waals surface area contributed by atoms with E-state index in [1.54, 1.807) is 0 Å². The minimum Gasteiger partial charge on any atom is -0.326 e. The molecule has 172 valence electrons. The smallest absolute Gasteiger partial charge is 0.0961 e. The van der Waals surface area contributed by atoms with Gasteiger partial charge in [0.05, 0.1) is 22.9 Å². The largest absolute Gasteiger partial charge is 0.326 e. The van der Waals surface area contributed by atoms with Gasteiger partial charge in [0.1, 0.15) is 0 Å². The van der Waals surface area contributed by atoms with Crippen LogP contribution in [0.25, 0.3) is 21.9 Å². The molecular weight excluding hydrogens is 434 g/mol. The first-order valence-electron chi connectivity index (χ1n) is 11.9. The van der Waals surface area contributed by atoms with Crippen LogP contribution in [0, 0.1) is 0 Å². The molecule has 0 saturated carbocycles. The van der Waals surface area contributed by atoms with E-state index in [1.807, 2.05) is 18.6 Å². The predicted octanol–water partition coefficient (Wildman–Crippen LogP) is 7.54. The molecule has 0 fully saturated rings. The van der Waals surface area contributed by atoms with Crippen molar-refractivity contribution in [2.75, 3.05) is 0 Å². The summed E-state index contributed by atoms with van der Waals surface area (Å²) in [6, 6.07) is 27.7. The lowest BCUT2D eigenvalue weighted by atomic mass is 9.77. The van der Waals surface area contributed by atoms with Crippen molar-refractivity contribution in [1.82, 2.24) is 14.5 Å². The van der Waals surface area contributed by atoms with Gasteiger partial charge < -0.3 is 4.57 Å². The summed E-state index contributed by atoms with van der Waals surface area (Å²) < 4.78 is 1.97. The molecule has 0 saturated heterocycles. The summed E-state index contributed by atoms with van der Waals surface area (Å²) in [6.07, 6.45) is 5.78. The van der Waals surface area contributed by atoms with Gasteiger partial charge in [0, 0.05) is 22.9 Å². The molecule has 1 atom stereocenters. The topological polar surface area (TPSA) is 30.7 Å². The normalized spacial score (nSPS) is 13.9. The Morgan fingerprint density at radius 2 is 1.62 bits per heavy atom. The quantitative estimate of drug-likeness (QED) is 0.252. The lowest BCUT2D eigenvalue weighted by Crippen LogP contribution is -2.23. The Hall–Kier alpha value is -3.11. The van der Waals surface area contributed by atoms with Crippen molar-refractivity contribution in [2.24, 2.45) is 0 Å². The number of benzene rings is 3. The molecule has 4 heteroatoms. The van der Waals surface area contributed by atoms with Crippen LogP contribution in [0.2, 0.25) is 0 Å². The maximum Gasteiger partial charge on any atom is 0.0961 e. The minimum atomic E-state index is -0.259. The van der Waals surface area contributed by atoms with Crippen LogP contribution < -0.4 is 0 Å². The lowest BCUT2D eigenvalue weighted by Gasteiger charge is -2.32. The minimum absolute atomic E-state index is 0.0168. The molecule has 2 heterocycles. The van der Waals surface area contributed by atoms with Crippen LogP contribution in [-0.4, -0.2) is 14.5 Å². The highest BCUT2D eigenvalue weighted by Gasteiger charge is 2.29. The van der Waals surface area contributed by atoms with Crippen molar-refractivity contribution in [3.63, 3.8) is 0 Å². The van der Waals surface area contributed by atoms with E-state index in [0.29, 0.717) is 0 Å². The molecule has 0 aliphatic heterocycles. The summed E-state index contributed by atoms with van der Waals surface area (Å²) >= 11 is 5.17. The summed E-state index contributed by atoms with van der Waals surface area (Å²) in [5.74, 6) is 0. The molecule has 34 heavy (non-hydrogen) atoms. The number of rotatable bonds is 7. The Kier molecular flexibility index (Phi) is 5.95. The fourth-order valence-electron chi connectivity index (χ4n) is 4.78. The summed E-state index contributed by atoms with van der Waals surface area (Å²) in [4.78, 5) is 9.32. The number of pyridine rings is 1. The van der Waals surface area contributed by atoms with Crippen LogP contribution >= 0.6 is 12.6 Å². The molecule has 3 nitrogen and oxygen atoms in total. The molecule has 5 rings (SSSR count). The van der Waals surface area contributed by atoms with Gasteiger partial charge in [-0.25, -0.2) is 4.98 Å². The van der Waals surface area contributed by atoms with Gasteiger partial charge in [-0.3, -0.25) is 4.98 Å². The van der Waals surface area contributed by atoms with Crippen molar-refractivity contribution >= 4 is 34.6 Å². The van der Waals surface area contributed by atoms with Crippen molar-refractivity contribution in [3.8, 4) is 0 Å². The van der Waals surface area contributed by atoms with Crippen molar-refractivity contribution < 1.29 is 0 Å². The molecule has 2 aromatic heterocycles. The molecule has 3 aromatic carbocycles. The molecule has 0 aliphatic carbocycles. The summed E-state index contributed by atoms with van der Waals surface area (Å²) in [7, 11) is 0. The van der Waals surface area contributed by atoms with Crippen molar-refractivity contribution in [1.29, 1.82) is 0 Å². The number of fused-ring (bicyclic) bond motifs is 2. The Morgan fingerprint density at radius 1 is 0.824 bits per heavy atom. The van der Waals surface area contributed by atoms with E-state index in [2.05, 4.69) is 103 Å². The van der Waals surface area contributed by atoms with Gasteiger partial charge in [0.2, 0.25) is 0 Å². The van der Waals surface area contributed by atoms with E-state index in [-0.39, 0.29) is 10.2 Å². The second-order valence-corrected chi connectivity index (χ2v) is 11.1. The zero-order valence-corrected chi connectivity index (χ0v) is 21.0. The lowest BCUT2D eigenvalue weighted by molar-refractivity contribution is 0.428. The van der Waals surface area contributed by atoms with E-state index in [4.69, 9.17) is 17.6 Å². The second kappa shape index (κ2) is 8.92. The Morgan fingerprint density at radius 3 is 2.44 bits per heavy atom. The van der Waals surface area contributed by atoms with Gasteiger partial charge in [-0.1, -0.05) is 74.5 Å². The first kappa shape index (κ1) is 22.7. The number of aromatic nitrogens is 3. The molecule has 0 spiro atoms. The maximum absolute atomic E-state index is 5.17. The van der Waals surface area contributed by atoms with Crippen LogP contribution in [0.15, 0.2) is 91.4 Å². The number of thiol groups is 1. The van der Waals surface area contributed by atoms with E-state index in [9.17, 15) is 0 Å². The van der Waals surface area contributed by atoms with E-state index >= 15 is 0 Å². The Bertz CT molecular complexity index is 1430. The molecule has 1 unspecified atom stereocenters. The number of nitrogens with zero attached hydrogens (tertiary/aromatic N) is 3. The first-order valence-corrected chi connectivity index (χ1v) is 12.3. The first-order chi connectivity index (χ1) is 16.3. The zero-order valence-electron chi connectivity index (χ0n) is 20.1. The highest BCUT2D eigenvalue weighted by atomic mass is 32.1. The van der Waals surface area contributed by atoms with Gasteiger partial charge in [-0.15, -0.1) is 0 Å². The molecule has 0 N–H and O–H groups in total. The standard InChI is InChI=1S/C30H31N3S/c1-29(2,25-13-7-11-23-12-8-18-31-28(23)25)16-17-30(3,34)24-14-15-26-27(19-24)33(21-32-26)20-22-9-5-4-6-10-22/h4-15,18-19,21,34H,16-17,20H2,1-3H3. The fraction of sp³-hybridized carbons (Fsp3) is 0.267. The molecule has 0 bridgehead atoms. The van der Waals surface area contributed by atoms with Crippen LogP contribution in [0.5, 0.6) is 0 Å². The molecule has 0 aliphatic rings. The highest BCUT2D eigenvalue weighted by Crippen LogP contribution is 2.40. The monoisotopic (exact) mass is 465 g/mol. The van der Waals surface area contributed by atoms with Gasteiger partial charge >= 0.3 is 0 Å². The second-order valence-electron chi connectivity index (χ2n) is 10.1. The molecule has 5 aromatic rings. The summed E-state index contributed by atoms with van der Waals surface area (Å²) in [6.45, 7) is 7.68. The van der Waals surface area contributed by atoms with Gasteiger partial charge in [-0.2, -0.15) is 12.6 Å². The van der Waals surface area contributed by atoms with Gasteiger partial charge in [-0.05, 0) is 60.1 Å². The average molecular weight is 466 g/mol. The van der Waals surface area contributed by atoms with E-state index < -0.39 is 0 Å². The number of imidazole rings is 1. The Labute approximate surface area is 207 Å². The maximum atomic E-state index is 5.17. The predicted molar refractivity (Wildman–Crippen MR) is 146 cm³/mol. The average Bonchev–Trinajstić information content (AvgIpc) is 3.25. The Balaban J connectivity index is 1.40. The molecule has 0 amide bonds. The van der Waals surface area contributed by atoms with E-state index in [1.165, 1.54) is 22.1 Å². The third-order valence-corrected chi connectivity index (χ3v) is 7.52. The number of para-hydroxylation sites is 1. The SMILES string of the molecule is CC(C)(CCC(C)(S)c1ccc2ncn(Cc3ccccc3)c2c1)c1cccc2cccnc12. The van der Waals surface area contributed by atoms with Crippen LogP contribution in [0.1, 0.15) is 50.3 Å².